The van der Waals surface area contributed by atoms with E-state index in [0.29, 0.717) is 24.8 Å². The average Bonchev–Trinajstić information content (AvgIpc) is 2.61. The third-order valence-corrected chi connectivity index (χ3v) is 3.75. The number of anilines is 1. The maximum atomic E-state index is 11.9. The number of carbonyl (C=O) groups excluding carboxylic acids is 2. The Bertz CT molecular complexity index is 697. The van der Waals surface area contributed by atoms with Gasteiger partial charge in [0.05, 0.1) is 0 Å². The topological polar surface area (TPSA) is 67.4 Å². The molecule has 0 aliphatic heterocycles. The van der Waals surface area contributed by atoms with Crippen molar-refractivity contribution < 1.29 is 14.3 Å². The number of carbonyl (C=O) groups is 2. The summed E-state index contributed by atoms with van der Waals surface area (Å²) in [5.41, 5.74) is 1.73. The van der Waals surface area contributed by atoms with E-state index in [2.05, 4.69) is 24.5 Å². The highest BCUT2D eigenvalue weighted by molar-refractivity contribution is 6.03. The van der Waals surface area contributed by atoms with Crippen LogP contribution in [0.5, 0.6) is 5.75 Å². The monoisotopic (exact) mass is 354 g/mol. The van der Waals surface area contributed by atoms with Gasteiger partial charge in [0.1, 0.15) is 18.8 Å². The number of hydrogen-bond acceptors (Lipinski definition) is 3. The summed E-state index contributed by atoms with van der Waals surface area (Å²) >= 11 is 0. The molecule has 2 amide bonds. The zero-order chi connectivity index (χ0) is 18.8. The molecule has 0 radical (unpaired) electrons. The first-order chi connectivity index (χ1) is 12.5. The Kier molecular flexibility index (Phi) is 7.68. The molecule has 5 heteroatoms. The number of nitrogens with one attached hydrogen (secondary N) is 2. The van der Waals surface area contributed by atoms with E-state index in [1.807, 2.05) is 30.3 Å². The first-order valence-corrected chi connectivity index (χ1v) is 8.86. The summed E-state index contributed by atoms with van der Waals surface area (Å²) in [7, 11) is 0. The lowest BCUT2D eigenvalue weighted by Gasteiger charge is -2.09. The third-order valence-electron chi connectivity index (χ3n) is 3.75. The molecule has 2 rings (SSSR count). The van der Waals surface area contributed by atoms with Crippen molar-refractivity contribution in [2.45, 2.75) is 33.3 Å². The van der Waals surface area contributed by atoms with Crippen molar-refractivity contribution in [1.29, 1.82) is 0 Å². The van der Waals surface area contributed by atoms with Gasteiger partial charge in [0.15, 0.2) is 0 Å². The molecule has 0 saturated heterocycles. The molecule has 2 N–H and O–H groups in total. The molecule has 0 bridgehead atoms. The molecule has 5 nitrogen and oxygen atoms in total. The summed E-state index contributed by atoms with van der Waals surface area (Å²) in [6.45, 7) is 5.26. The summed E-state index contributed by atoms with van der Waals surface area (Å²) in [4.78, 5) is 23.6. The number of ether oxygens (including phenoxy) is 1. The largest absolute Gasteiger partial charge is 0.489 e. The summed E-state index contributed by atoms with van der Waals surface area (Å²) in [6, 6.07) is 17.0. The SMILES string of the molecule is CC(C)CCNC(=O)CC(=O)Nc1ccc(OCc2ccccc2)cc1. The van der Waals surface area contributed by atoms with Gasteiger partial charge in [0, 0.05) is 12.2 Å². The highest BCUT2D eigenvalue weighted by atomic mass is 16.5. The Balaban J connectivity index is 1.74. The van der Waals surface area contributed by atoms with Crippen molar-refractivity contribution in [3.63, 3.8) is 0 Å². The van der Waals surface area contributed by atoms with E-state index < -0.39 is 0 Å². The van der Waals surface area contributed by atoms with E-state index in [1.165, 1.54) is 0 Å². The lowest BCUT2D eigenvalue weighted by molar-refractivity contribution is -0.126. The molecule has 138 valence electrons. The van der Waals surface area contributed by atoms with E-state index in [4.69, 9.17) is 4.74 Å². The highest BCUT2D eigenvalue weighted by Gasteiger charge is 2.09. The van der Waals surface area contributed by atoms with Crippen molar-refractivity contribution in [3.8, 4) is 5.75 Å². The number of hydrogen-bond donors (Lipinski definition) is 2. The molecule has 2 aromatic rings. The van der Waals surface area contributed by atoms with E-state index in [1.54, 1.807) is 24.3 Å². The molecule has 0 aliphatic carbocycles. The van der Waals surface area contributed by atoms with Crippen LogP contribution < -0.4 is 15.4 Å². The number of rotatable bonds is 9. The van der Waals surface area contributed by atoms with Gasteiger partial charge < -0.3 is 15.4 Å². The summed E-state index contributed by atoms with van der Waals surface area (Å²) in [5.74, 6) is 0.654. The van der Waals surface area contributed by atoms with Crippen LogP contribution in [0.3, 0.4) is 0 Å². The first kappa shape index (κ1) is 19.5. The van der Waals surface area contributed by atoms with Crippen molar-refractivity contribution in [3.05, 3.63) is 60.2 Å². The first-order valence-electron chi connectivity index (χ1n) is 8.86. The van der Waals surface area contributed by atoms with Crippen LogP contribution in [0.4, 0.5) is 5.69 Å². The Morgan fingerprint density at radius 1 is 0.962 bits per heavy atom. The van der Waals surface area contributed by atoms with E-state index in [0.717, 1.165) is 17.7 Å². The highest BCUT2D eigenvalue weighted by Crippen LogP contribution is 2.17. The maximum Gasteiger partial charge on any atom is 0.233 e. The molecular weight excluding hydrogens is 328 g/mol. The van der Waals surface area contributed by atoms with E-state index >= 15 is 0 Å². The molecule has 0 fully saturated rings. The van der Waals surface area contributed by atoms with Gasteiger partial charge in [-0.25, -0.2) is 0 Å². The van der Waals surface area contributed by atoms with Gasteiger partial charge in [0.2, 0.25) is 11.8 Å². The molecule has 0 heterocycles. The second-order valence-corrected chi connectivity index (χ2v) is 6.56. The van der Waals surface area contributed by atoms with Gasteiger partial charge in [-0.15, -0.1) is 0 Å². The number of amides is 2. The Labute approximate surface area is 154 Å². The van der Waals surface area contributed by atoms with Crippen LogP contribution in [0.25, 0.3) is 0 Å². The molecule has 0 atom stereocenters. The van der Waals surface area contributed by atoms with Crippen LogP contribution in [0.1, 0.15) is 32.3 Å². The summed E-state index contributed by atoms with van der Waals surface area (Å²) < 4.78 is 5.70. The number of benzene rings is 2. The van der Waals surface area contributed by atoms with Gasteiger partial charge in [0.25, 0.3) is 0 Å². The van der Waals surface area contributed by atoms with Gasteiger partial charge >= 0.3 is 0 Å². The maximum absolute atomic E-state index is 11.9. The van der Waals surface area contributed by atoms with E-state index in [9.17, 15) is 9.59 Å². The normalized spacial score (nSPS) is 10.4. The second kappa shape index (κ2) is 10.2. The molecule has 0 aromatic heterocycles. The second-order valence-electron chi connectivity index (χ2n) is 6.56. The van der Waals surface area contributed by atoms with Gasteiger partial charge in [-0.2, -0.15) is 0 Å². The van der Waals surface area contributed by atoms with Gasteiger partial charge in [-0.1, -0.05) is 44.2 Å². The molecule has 0 unspecified atom stereocenters. The van der Waals surface area contributed by atoms with Crippen molar-refractivity contribution >= 4 is 17.5 Å². The van der Waals surface area contributed by atoms with Crippen LogP contribution >= 0.6 is 0 Å². The fourth-order valence-electron chi connectivity index (χ4n) is 2.29. The fourth-order valence-corrected chi connectivity index (χ4v) is 2.29. The molecule has 26 heavy (non-hydrogen) atoms. The lowest BCUT2D eigenvalue weighted by atomic mass is 10.1. The van der Waals surface area contributed by atoms with Crippen molar-refractivity contribution in [2.75, 3.05) is 11.9 Å². The van der Waals surface area contributed by atoms with Gasteiger partial charge in [-0.3, -0.25) is 9.59 Å². The zero-order valence-corrected chi connectivity index (χ0v) is 15.3. The third kappa shape index (κ3) is 7.38. The summed E-state index contributed by atoms with van der Waals surface area (Å²) in [6.07, 6.45) is 0.724. The molecule has 2 aromatic carbocycles. The minimum Gasteiger partial charge on any atom is -0.489 e. The minimum absolute atomic E-state index is 0.176. The van der Waals surface area contributed by atoms with Crippen molar-refractivity contribution in [2.24, 2.45) is 5.92 Å². The zero-order valence-electron chi connectivity index (χ0n) is 15.3. The Hall–Kier alpha value is -2.82. The van der Waals surface area contributed by atoms with Crippen LogP contribution in [-0.2, 0) is 16.2 Å². The summed E-state index contributed by atoms with van der Waals surface area (Å²) in [5, 5.41) is 5.47. The lowest BCUT2D eigenvalue weighted by Crippen LogP contribution is -2.29. The minimum atomic E-state index is -0.329. The quantitative estimate of drug-likeness (QED) is 0.674. The van der Waals surface area contributed by atoms with Crippen LogP contribution in [0.15, 0.2) is 54.6 Å². The van der Waals surface area contributed by atoms with Crippen LogP contribution in [0, 0.1) is 5.92 Å². The standard InChI is InChI=1S/C21H26N2O3/c1-16(2)12-13-22-20(24)14-21(25)23-18-8-10-19(11-9-18)26-15-17-6-4-3-5-7-17/h3-11,16H,12-15H2,1-2H3,(H,22,24)(H,23,25). The van der Waals surface area contributed by atoms with Gasteiger partial charge in [-0.05, 0) is 42.2 Å². The average molecular weight is 354 g/mol. The van der Waals surface area contributed by atoms with Crippen LogP contribution in [-0.4, -0.2) is 18.4 Å². The molecule has 0 saturated carbocycles. The predicted molar refractivity (Wildman–Crippen MR) is 103 cm³/mol. The fraction of sp³-hybridized carbons (Fsp3) is 0.333. The molecule has 0 spiro atoms. The van der Waals surface area contributed by atoms with E-state index in [-0.39, 0.29) is 18.2 Å². The molecular formula is C21H26N2O3. The van der Waals surface area contributed by atoms with Crippen molar-refractivity contribution in [1.82, 2.24) is 5.32 Å². The Morgan fingerprint density at radius 3 is 2.31 bits per heavy atom. The smallest absolute Gasteiger partial charge is 0.233 e. The molecule has 0 aliphatic rings. The van der Waals surface area contributed by atoms with Crippen LogP contribution in [0.2, 0.25) is 0 Å². The Morgan fingerprint density at radius 2 is 1.65 bits per heavy atom. The predicted octanol–water partition coefficient (Wildman–Crippen LogP) is 3.76.